The van der Waals surface area contributed by atoms with Crippen molar-refractivity contribution in [3.63, 3.8) is 0 Å². The minimum Gasteiger partial charge on any atom is -0.486 e. The van der Waals surface area contributed by atoms with E-state index in [0.29, 0.717) is 5.71 Å². The summed E-state index contributed by atoms with van der Waals surface area (Å²) < 4.78 is 6.28. The number of nitrogens with zero attached hydrogens (tertiary/aromatic N) is 4. The molecule has 0 unspecified atom stereocenters. The third-order valence-corrected chi connectivity index (χ3v) is 11.1. The van der Waals surface area contributed by atoms with Crippen molar-refractivity contribution in [1.82, 2.24) is 19.9 Å². The molecular weight excluding hydrogens is 925 g/mol. The molecule has 0 spiro atoms. The van der Waals surface area contributed by atoms with Crippen molar-refractivity contribution in [2.24, 2.45) is 0 Å². The van der Waals surface area contributed by atoms with Gasteiger partial charge in [0.2, 0.25) is 5.71 Å². The fraction of sp³-hybridized carbons (Fsp3) is 0.0909. The van der Waals surface area contributed by atoms with Gasteiger partial charge in [-0.3, -0.25) is 0 Å². The maximum absolute atomic E-state index is 6.28. The van der Waals surface area contributed by atoms with Crippen LogP contribution in [0.2, 0.25) is 0 Å². The van der Waals surface area contributed by atoms with Crippen LogP contribution in [0, 0.1) is 25.1 Å². The average Bonchev–Trinajstić information content (AvgIpc) is 3.69. The van der Waals surface area contributed by atoms with Gasteiger partial charge in [-0.15, -0.1) is 90.0 Å². The van der Waals surface area contributed by atoms with Crippen LogP contribution in [0.15, 0.2) is 175 Å². The number of hydrogen-bond acceptors (Lipinski definition) is 5. The van der Waals surface area contributed by atoms with Crippen molar-refractivity contribution in [2.75, 3.05) is 0 Å². The molecule has 0 aliphatic rings. The van der Waals surface area contributed by atoms with Crippen molar-refractivity contribution in [2.45, 2.75) is 32.6 Å². The van der Waals surface area contributed by atoms with Crippen LogP contribution in [0.3, 0.4) is 0 Å². The molecule has 0 atom stereocenters. The van der Waals surface area contributed by atoms with Crippen molar-refractivity contribution < 1.29 is 24.5 Å². The normalized spacial score (nSPS) is 11.2. The van der Waals surface area contributed by atoms with Gasteiger partial charge in [-0.1, -0.05) is 89.8 Å². The number of hydrogen-bond donors (Lipinski definition) is 0. The molecule has 0 saturated heterocycles. The molecule has 0 radical (unpaired) electrons. The summed E-state index contributed by atoms with van der Waals surface area (Å²) in [4.78, 5) is 19.2. The van der Waals surface area contributed by atoms with Gasteiger partial charge in [0.25, 0.3) is 0 Å². The summed E-state index contributed by atoms with van der Waals surface area (Å²) >= 11 is 0. The van der Waals surface area contributed by atoms with E-state index in [1.807, 2.05) is 92.2 Å². The predicted molar refractivity (Wildman–Crippen MR) is 241 cm³/mol. The molecule has 294 valence electrons. The first-order chi connectivity index (χ1) is 29.6. The first-order valence-electron chi connectivity index (χ1n) is 20.3. The summed E-state index contributed by atoms with van der Waals surface area (Å²) in [5, 5.41) is 2.00. The molecule has 6 heteroatoms. The molecule has 0 amide bonds. The van der Waals surface area contributed by atoms with Crippen LogP contribution in [-0.4, -0.2) is 19.9 Å². The molecule has 0 fully saturated rings. The Balaban J connectivity index is 0.00000476. The number of fused-ring (bicyclic) bond motifs is 3. The number of benzene rings is 5. The Morgan fingerprint density at radius 2 is 1.07 bits per heavy atom. The molecule has 0 N–H and O–H groups in total. The minimum absolute atomic E-state index is 0. The fourth-order valence-corrected chi connectivity index (χ4v) is 7.95. The molecule has 0 bridgehead atoms. The molecular formula is C55H39IrN4O. The Morgan fingerprint density at radius 1 is 0.475 bits per heavy atom. The van der Waals surface area contributed by atoms with E-state index in [4.69, 9.17) is 19.4 Å². The number of rotatable bonds is 11. The average molecular weight is 964 g/mol. The molecule has 10 rings (SSSR count). The van der Waals surface area contributed by atoms with E-state index in [9.17, 15) is 0 Å². The number of pyridine rings is 4. The maximum Gasteiger partial charge on any atom is 3.00 e. The van der Waals surface area contributed by atoms with E-state index in [2.05, 4.69) is 108 Å². The molecule has 0 aliphatic heterocycles. The fourth-order valence-electron chi connectivity index (χ4n) is 7.95. The Labute approximate surface area is 369 Å². The molecule has 10 aromatic rings. The SMILES string of the molecule is Cc1ccc2c(n1)oc1c(-c3ccc(-c4ccccc4-c4cc(CCc5ccc(-c6[c-]cccc6)nc5)cc(CCc5ccc(-c6[c-]cccc6)nc5)c4)cn3)[c-]ccc12.[Ir+3]. The van der Waals surface area contributed by atoms with Crippen LogP contribution >= 0.6 is 0 Å². The van der Waals surface area contributed by atoms with Gasteiger partial charge in [0.05, 0.1) is 5.58 Å². The first kappa shape index (κ1) is 39.6. The largest absolute Gasteiger partial charge is 3.00 e. The maximum atomic E-state index is 6.28. The molecule has 0 saturated carbocycles. The smallest absolute Gasteiger partial charge is 0.486 e. The standard InChI is InChI=1S/C55H39N4O.Ir/c1-37-19-27-49-48-17-10-18-50(54(48)60-55(49)59-37)53-30-26-44(36-58-53)46-15-8-9-16-47(46)45-32-40(22-20-38-24-28-51(56-34-38)42-11-4-2-5-12-42)31-41(33-45)23-21-39-25-29-52(57-35-39)43-13-6-3-7-14-43;/h2-11,13,15-17,19,24-36H,20-23H2,1H3;/q-3;+3. The monoisotopic (exact) mass is 964 g/mol. The molecule has 5 aromatic carbocycles. The van der Waals surface area contributed by atoms with Gasteiger partial charge < -0.3 is 19.4 Å². The van der Waals surface area contributed by atoms with E-state index in [-0.39, 0.29) is 20.1 Å². The van der Waals surface area contributed by atoms with E-state index in [1.165, 1.54) is 27.8 Å². The summed E-state index contributed by atoms with van der Waals surface area (Å²) in [5.41, 5.74) is 17.3. The topological polar surface area (TPSA) is 64.7 Å². The molecule has 5 heterocycles. The van der Waals surface area contributed by atoms with Crippen LogP contribution in [0.25, 0.3) is 78.1 Å². The van der Waals surface area contributed by atoms with E-state index < -0.39 is 0 Å². The van der Waals surface area contributed by atoms with Crippen molar-refractivity contribution >= 4 is 22.1 Å². The van der Waals surface area contributed by atoms with Gasteiger partial charge in [0, 0.05) is 29.7 Å². The van der Waals surface area contributed by atoms with Gasteiger partial charge in [0.15, 0.2) is 0 Å². The predicted octanol–water partition coefficient (Wildman–Crippen LogP) is 12.8. The van der Waals surface area contributed by atoms with Crippen molar-refractivity contribution in [3.8, 4) is 56.0 Å². The molecule has 5 aromatic heterocycles. The van der Waals surface area contributed by atoms with Crippen LogP contribution in [0.1, 0.15) is 27.9 Å². The molecule has 5 nitrogen and oxygen atoms in total. The zero-order valence-electron chi connectivity index (χ0n) is 33.5. The van der Waals surface area contributed by atoms with Crippen molar-refractivity contribution in [3.05, 3.63) is 216 Å². The number of furan rings is 1. The second-order valence-corrected chi connectivity index (χ2v) is 15.2. The van der Waals surface area contributed by atoms with Gasteiger partial charge >= 0.3 is 20.1 Å². The van der Waals surface area contributed by atoms with Crippen LogP contribution in [-0.2, 0) is 45.8 Å². The van der Waals surface area contributed by atoms with Crippen molar-refractivity contribution in [1.29, 1.82) is 0 Å². The van der Waals surface area contributed by atoms with E-state index in [1.54, 1.807) is 0 Å². The van der Waals surface area contributed by atoms with Crippen LogP contribution in [0.5, 0.6) is 0 Å². The Hall–Kier alpha value is -6.85. The summed E-state index contributed by atoms with van der Waals surface area (Å²) in [6.07, 6.45) is 9.51. The third kappa shape index (κ3) is 8.60. The first-order valence-corrected chi connectivity index (χ1v) is 20.3. The summed E-state index contributed by atoms with van der Waals surface area (Å²) in [6, 6.07) is 62.4. The third-order valence-electron chi connectivity index (χ3n) is 11.1. The quantitative estimate of drug-likeness (QED) is 0.121. The zero-order chi connectivity index (χ0) is 40.3. The summed E-state index contributed by atoms with van der Waals surface area (Å²) in [6.45, 7) is 1.97. The van der Waals surface area contributed by atoms with E-state index in [0.717, 1.165) is 98.2 Å². The van der Waals surface area contributed by atoms with Crippen LogP contribution < -0.4 is 0 Å². The molecule has 0 aliphatic carbocycles. The number of aromatic nitrogens is 4. The van der Waals surface area contributed by atoms with Gasteiger partial charge in [-0.25, -0.2) is 4.98 Å². The number of aryl methyl sites for hydroxylation is 5. The Kier molecular flexibility index (Phi) is 11.5. The Bertz CT molecular complexity index is 2970. The molecule has 61 heavy (non-hydrogen) atoms. The van der Waals surface area contributed by atoms with Gasteiger partial charge in [0.1, 0.15) is 0 Å². The minimum atomic E-state index is 0. The summed E-state index contributed by atoms with van der Waals surface area (Å²) in [7, 11) is 0. The second-order valence-electron chi connectivity index (χ2n) is 15.2. The Morgan fingerprint density at radius 3 is 1.64 bits per heavy atom. The van der Waals surface area contributed by atoms with Gasteiger partial charge in [-0.05, 0) is 106 Å². The van der Waals surface area contributed by atoms with E-state index >= 15 is 0 Å². The zero-order valence-corrected chi connectivity index (χ0v) is 35.9. The second kappa shape index (κ2) is 17.8. The van der Waals surface area contributed by atoms with Gasteiger partial charge in [-0.2, -0.15) is 0 Å². The van der Waals surface area contributed by atoms with Crippen LogP contribution in [0.4, 0.5) is 0 Å². The summed E-state index contributed by atoms with van der Waals surface area (Å²) in [5.74, 6) is 0.